The molecule has 12 heteroatoms. The van der Waals surface area contributed by atoms with E-state index < -0.39 is 23.5 Å². The van der Waals surface area contributed by atoms with E-state index in [0.29, 0.717) is 30.1 Å². The second kappa shape index (κ2) is 8.72. The summed E-state index contributed by atoms with van der Waals surface area (Å²) in [5.74, 6) is -0.203. The Morgan fingerprint density at radius 1 is 0.806 bits per heavy atom. The van der Waals surface area contributed by atoms with E-state index in [1.807, 2.05) is 0 Å². The molecule has 1 aromatic carbocycles. The topological polar surface area (TPSA) is 50.2 Å². The number of nitrogens with zero attached hydrogens (tertiary/aromatic N) is 3. The third-order valence-electron chi connectivity index (χ3n) is 3.88. The van der Waals surface area contributed by atoms with Crippen LogP contribution in [0.25, 0.3) is 0 Å². The van der Waals surface area contributed by atoms with E-state index in [2.05, 4.69) is 20.5 Å². The highest BCUT2D eigenvalue weighted by atomic mass is 35.5. The fourth-order valence-corrected chi connectivity index (χ4v) is 2.87. The van der Waals surface area contributed by atoms with Crippen LogP contribution in [0, 0.1) is 0 Å². The van der Waals surface area contributed by atoms with Gasteiger partial charge in [-0.15, -0.1) is 0 Å². The molecule has 3 rings (SSSR count). The molecule has 0 unspecified atom stereocenters. The van der Waals surface area contributed by atoms with E-state index in [1.54, 1.807) is 30.3 Å². The fraction of sp³-hybridized carbons (Fsp3) is 0.105. The number of nitrogens with one attached hydrogen (secondary N) is 1. The van der Waals surface area contributed by atoms with Crippen LogP contribution >= 0.6 is 23.2 Å². The standard InChI is InChI=1S/C19H10Cl2F6N4/c20-13-6-11(18(22,23)24)8-28-16(13)15(10-4-2-1-3-5-10)30-31-17-14(21)7-12(9-29-17)19(25,26)27/h1-9H,(H,29,31). The monoisotopic (exact) mass is 478 g/mol. The minimum atomic E-state index is -4.64. The Morgan fingerprint density at radius 3 is 1.87 bits per heavy atom. The molecule has 0 saturated heterocycles. The van der Waals surface area contributed by atoms with Crippen LogP contribution in [0.15, 0.2) is 60.0 Å². The lowest BCUT2D eigenvalue weighted by Gasteiger charge is -2.12. The minimum absolute atomic E-state index is 0.0251. The first-order valence-corrected chi connectivity index (χ1v) is 9.07. The van der Waals surface area contributed by atoms with Crippen molar-refractivity contribution < 1.29 is 26.3 Å². The van der Waals surface area contributed by atoms with Crippen molar-refractivity contribution in [2.45, 2.75) is 12.4 Å². The molecule has 0 saturated carbocycles. The van der Waals surface area contributed by atoms with Gasteiger partial charge in [-0.05, 0) is 12.1 Å². The van der Waals surface area contributed by atoms with Gasteiger partial charge in [0, 0.05) is 18.0 Å². The van der Waals surface area contributed by atoms with Crippen LogP contribution < -0.4 is 5.43 Å². The van der Waals surface area contributed by atoms with Crippen molar-refractivity contribution in [1.29, 1.82) is 0 Å². The number of rotatable bonds is 4. The van der Waals surface area contributed by atoms with E-state index in [-0.39, 0.29) is 27.3 Å². The van der Waals surface area contributed by atoms with Gasteiger partial charge in [-0.1, -0.05) is 53.5 Å². The molecule has 0 radical (unpaired) electrons. The van der Waals surface area contributed by atoms with Crippen LogP contribution in [0.2, 0.25) is 10.0 Å². The molecule has 2 aromatic heterocycles. The summed E-state index contributed by atoms with van der Waals surface area (Å²) in [5.41, 5.74) is 0.679. The van der Waals surface area contributed by atoms with Crippen molar-refractivity contribution in [3.05, 3.63) is 87.3 Å². The Kier molecular flexibility index (Phi) is 6.42. The van der Waals surface area contributed by atoms with Crippen LogP contribution in [0.1, 0.15) is 22.4 Å². The largest absolute Gasteiger partial charge is 0.417 e. The number of anilines is 1. The van der Waals surface area contributed by atoms with Crippen LogP contribution in [-0.2, 0) is 12.4 Å². The lowest BCUT2D eigenvalue weighted by molar-refractivity contribution is -0.138. The summed E-state index contributed by atoms with van der Waals surface area (Å²) in [6.45, 7) is 0. The summed E-state index contributed by atoms with van der Waals surface area (Å²) in [6, 6.07) is 9.54. The maximum Gasteiger partial charge on any atom is 0.417 e. The summed E-state index contributed by atoms with van der Waals surface area (Å²) in [7, 11) is 0. The molecule has 0 fully saturated rings. The van der Waals surface area contributed by atoms with E-state index >= 15 is 0 Å². The van der Waals surface area contributed by atoms with Gasteiger partial charge in [0.05, 0.1) is 21.2 Å². The molecule has 2 heterocycles. The van der Waals surface area contributed by atoms with Gasteiger partial charge in [0.15, 0.2) is 5.82 Å². The molecule has 31 heavy (non-hydrogen) atoms. The summed E-state index contributed by atoms with van der Waals surface area (Å²) in [6.07, 6.45) is -8.11. The van der Waals surface area contributed by atoms with Crippen LogP contribution in [-0.4, -0.2) is 15.7 Å². The van der Waals surface area contributed by atoms with Gasteiger partial charge in [-0.25, -0.2) is 4.98 Å². The molecule has 0 aliphatic heterocycles. The fourth-order valence-electron chi connectivity index (χ4n) is 2.40. The average molecular weight is 479 g/mol. The first kappa shape index (κ1) is 22.8. The predicted octanol–water partition coefficient (Wildman–Crippen LogP) is 6.69. The number of alkyl halides is 6. The molecule has 0 atom stereocenters. The lowest BCUT2D eigenvalue weighted by Crippen LogP contribution is -2.13. The quantitative estimate of drug-likeness (QED) is 0.258. The summed E-state index contributed by atoms with van der Waals surface area (Å²) in [5, 5.41) is 3.36. The van der Waals surface area contributed by atoms with Crippen molar-refractivity contribution in [3.63, 3.8) is 0 Å². The van der Waals surface area contributed by atoms with E-state index in [1.165, 1.54) is 0 Å². The number of aromatic nitrogens is 2. The van der Waals surface area contributed by atoms with Crippen LogP contribution in [0.4, 0.5) is 32.2 Å². The molecule has 0 aliphatic rings. The molecule has 0 bridgehead atoms. The van der Waals surface area contributed by atoms with Crippen molar-refractivity contribution >= 4 is 34.7 Å². The van der Waals surface area contributed by atoms with Crippen molar-refractivity contribution in [3.8, 4) is 0 Å². The van der Waals surface area contributed by atoms with E-state index in [4.69, 9.17) is 23.2 Å². The minimum Gasteiger partial charge on any atom is -0.259 e. The van der Waals surface area contributed by atoms with Crippen molar-refractivity contribution in [2.24, 2.45) is 5.10 Å². The third kappa shape index (κ3) is 5.45. The van der Waals surface area contributed by atoms with Gasteiger partial charge in [-0.2, -0.15) is 31.4 Å². The summed E-state index contributed by atoms with van der Waals surface area (Å²) < 4.78 is 77.0. The zero-order valence-corrected chi connectivity index (χ0v) is 16.6. The number of hydrogen-bond donors (Lipinski definition) is 1. The molecule has 3 aromatic rings. The number of pyridine rings is 2. The molecule has 4 nitrogen and oxygen atoms in total. The van der Waals surface area contributed by atoms with Gasteiger partial charge in [0.1, 0.15) is 11.4 Å². The van der Waals surface area contributed by atoms with Crippen molar-refractivity contribution in [2.75, 3.05) is 5.43 Å². The van der Waals surface area contributed by atoms with E-state index in [9.17, 15) is 26.3 Å². The highest BCUT2D eigenvalue weighted by Crippen LogP contribution is 2.33. The summed E-state index contributed by atoms with van der Waals surface area (Å²) >= 11 is 11.9. The maximum atomic E-state index is 12.9. The van der Waals surface area contributed by atoms with Crippen molar-refractivity contribution in [1.82, 2.24) is 9.97 Å². The maximum absolute atomic E-state index is 12.9. The Balaban J connectivity index is 2.03. The Labute approximate surface area is 181 Å². The number of hydrazone groups is 1. The second-order valence-electron chi connectivity index (χ2n) is 6.04. The van der Waals surface area contributed by atoms with Gasteiger partial charge >= 0.3 is 12.4 Å². The summed E-state index contributed by atoms with van der Waals surface area (Å²) in [4.78, 5) is 7.38. The molecule has 0 spiro atoms. The average Bonchev–Trinajstić information content (AvgIpc) is 2.69. The van der Waals surface area contributed by atoms with Gasteiger partial charge in [-0.3, -0.25) is 10.4 Å². The number of benzene rings is 1. The molecule has 0 aliphatic carbocycles. The number of halogens is 8. The molecule has 162 valence electrons. The number of hydrogen-bond acceptors (Lipinski definition) is 4. The predicted molar refractivity (Wildman–Crippen MR) is 104 cm³/mol. The zero-order valence-electron chi connectivity index (χ0n) is 15.1. The van der Waals surface area contributed by atoms with Gasteiger partial charge < -0.3 is 0 Å². The first-order chi connectivity index (χ1) is 14.5. The molecule has 0 amide bonds. The van der Waals surface area contributed by atoms with Crippen LogP contribution in [0.5, 0.6) is 0 Å². The first-order valence-electron chi connectivity index (χ1n) is 8.32. The Bertz CT molecular complexity index is 1110. The molecular formula is C19H10Cl2F6N4. The molecular weight excluding hydrogens is 469 g/mol. The third-order valence-corrected chi connectivity index (χ3v) is 4.46. The van der Waals surface area contributed by atoms with Crippen LogP contribution in [0.3, 0.4) is 0 Å². The highest BCUT2D eigenvalue weighted by molar-refractivity contribution is 6.35. The van der Waals surface area contributed by atoms with Gasteiger partial charge in [0.25, 0.3) is 0 Å². The SMILES string of the molecule is FC(F)(F)c1cnc(NN=C(c2ccccc2)c2ncc(C(F)(F)F)cc2Cl)c(Cl)c1. The normalized spacial score (nSPS) is 12.7. The Hall–Kier alpha value is -2.85. The lowest BCUT2D eigenvalue weighted by atomic mass is 10.1. The smallest absolute Gasteiger partial charge is 0.259 e. The zero-order chi connectivity index (χ0) is 22.8. The highest BCUT2D eigenvalue weighted by Gasteiger charge is 2.33. The Morgan fingerprint density at radius 2 is 1.35 bits per heavy atom. The van der Waals surface area contributed by atoms with Gasteiger partial charge in [0.2, 0.25) is 0 Å². The second-order valence-corrected chi connectivity index (χ2v) is 6.86. The molecule has 1 N–H and O–H groups in total. The van der Waals surface area contributed by atoms with E-state index in [0.717, 1.165) is 0 Å².